The summed E-state index contributed by atoms with van der Waals surface area (Å²) in [5.41, 5.74) is 11.1. The van der Waals surface area contributed by atoms with Crippen molar-refractivity contribution < 1.29 is 4.65 Å². The topological polar surface area (TPSA) is 35.2 Å². The standard InChI is InChI=1S/C22H22BCl2NO/c1-15-8-10-18(12-20(15)24)23(19-11-9-16(2)21(25)13-19)27-22(14-26)17-6-4-3-5-7-17/h3-13,22H,14,26H2,1-2H3. The first-order valence-corrected chi connectivity index (χ1v) is 9.67. The molecule has 5 heteroatoms. The molecule has 0 aliphatic carbocycles. The highest BCUT2D eigenvalue weighted by molar-refractivity contribution is 6.80. The number of aryl methyl sites for hydroxylation is 2. The van der Waals surface area contributed by atoms with Crippen LogP contribution in [0, 0.1) is 13.8 Å². The van der Waals surface area contributed by atoms with Gasteiger partial charge in [0.05, 0.1) is 6.10 Å². The van der Waals surface area contributed by atoms with Crippen molar-refractivity contribution in [2.45, 2.75) is 20.0 Å². The van der Waals surface area contributed by atoms with E-state index in [0.29, 0.717) is 16.6 Å². The molecular weight excluding hydrogens is 376 g/mol. The summed E-state index contributed by atoms with van der Waals surface area (Å²) in [5.74, 6) is 0. The fourth-order valence-electron chi connectivity index (χ4n) is 3.00. The zero-order chi connectivity index (χ0) is 19.4. The van der Waals surface area contributed by atoms with Crippen LogP contribution in [0.25, 0.3) is 0 Å². The Balaban J connectivity index is 2.03. The molecule has 1 unspecified atom stereocenters. The lowest BCUT2D eigenvalue weighted by atomic mass is 9.55. The maximum atomic E-state index is 6.51. The molecule has 0 saturated carbocycles. The maximum Gasteiger partial charge on any atom is 0.362 e. The van der Waals surface area contributed by atoms with E-state index in [1.54, 1.807) is 0 Å². The molecule has 0 spiro atoms. The lowest BCUT2D eigenvalue weighted by Gasteiger charge is -2.24. The van der Waals surface area contributed by atoms with Crippen molar-refractivity contribution in [3.05, 3.63) is 93.5 Å². The van der Waals surface area contributed by atoms with Gasteiger partial charge in [-0.05, 0) is 53.6 Å². The van der Waals surface area contributed by atoms with Crippen LogP contribution >= 0.6 is 23.2 Å². The molecule has 3 aromatic rings. The summed E-state index contributed by atoms with van der Waals surface area (Å²) in [4.78, 5) is 0. The Morgan fingerprint density at radius 3 is 1.81 bits per heavy atom. The van der Waals surface area contributed by atoms with Gasteiger partial charge in [0.15, 0.2) is 0 Å². The minimum Gasteiger partial charge on any atom is -0.419 e. The minimum atomic E-state index is -0.324. The largest absolute Gasteiger partial charge is 0.419 e. The Hall–Kier alpha value is -1.78. The average molecular weight is 398 g/mol. The second-order valence-electron chi connectivity index (χ2n) is 6.67. The van der Waals surface area contributed by atoms with Crippen LogP contribution in [0.5, 0.6) is 0 Å². The molecule has 138 valence electrons. The summed E-state index contributed by atoms with van der Waals surface area (Å²) in [6, 6.07) is 22.0. The van der Waals surface area contributed by atoms with Gasteiger partial charge in [0, 0.05) is 16.6 Å². The quantitative estimate of drug-likeness (QED) is 0.624. The molecule has 0 fully saturated rings. The minimum absolute atomic E-state index is 0.239. The van der Waals surface area contributed by atoms with Gasteiger partial charge >= 0.3 is 6.92 Å². The highest BCUT2D eigenvalue weighted by Gasteiger charge is 2.27. The fourth-order valence-corrected chi connectivity index (χ4v) is 3.37. The van der Waals surface area contributed by atoms with Gasteiger partial charge in [-0.2, -0.15) is 0 Å². The van der Waals surface area contributed by atoms with Gasteiger partial charge in [0.25, 0.3) is 0 Å². The van der Waals surface area contributed by atoms with Crippen LogP contribution < -0.4 is 16.7 Å². The molecule has 0 radical (unpaired) electrons. The van der Waals surface area contributed by atoms with Crippen molar-refractivity contribution in [1.82, 2.24) is 0 Å². The molecule has 3 aromatic carbocycles. The van der Waals surface area contributed by atoms with Gasteiger partial charge in [-0.15, -0.1) is 0 Å². The van der Waals surface area contributed by atoms with Gasteiger partial charge in [-0.25, -0.2) is 0 Å². The third-order valence-corrected chi connectivity index (χ3v) is 5.50. The number of hydrogen-bond acceptors (Lipinski definition) is 2. The van der Waals surface area contributed by atoms with E-state index >= 15 is 0 Å². The number of halogens is 2. The van der Waals surface area contributed by atoms with Gasteiger partial charge in [0.1, 0.15) is 0 Å². The molecule has 0 saturated heterocycles. The molecule has 0 aliphatic heterocycles. The molecule has 0 heterocycles. The zero-order valence-corrected chi connectivity index (χ0v) is 17.0. The van der Waals surface area contributed by atoms with Crippen molar-refractivity contribution in [3.8, 4) is 0 Å². The number of nitrogens with two attached hydrogens (primary N) is 1. The van der Waals surface area contributed by atoms with E-state index < -0.39 is 0 Å². The summed E-state index contributed by atoms with van der Waals surface area (Å²) in [6.45, 7) is 4.02. The Bertz CT molecular complexity index is 866. The van der Waals surface area contributed by atoms with Crippen molar-refractivity contribution in [2.75, 3.05) is 6.54 Å². The highest BCUT2D eigenvalue weighted by atomic mass is 35.5. The summed E-state index contributed by atoms with van der Waals surface area (Å²) < 4.78 is 6.51. The van der Waals surface area contributed by atoms with E-state index in [9.17, 15) is 0 Å². The molecule has 3 rings (SSSR count). The maximum absolute atomic E-state index is 6.51. The number of benzene rings is 3. The molecule has 1 atom stereocenters. The molecule has 2 nitrogen and oxygen atoms in total. The van der Waals surface area contributed by atoms with Crippen LogP contribution in [-0.2, 0) is 4.65 Å². The van der Waals surface area contributed by atoms with Gasteiger partial charge < -0.3 is 10.4 Å². The molecule has 0 aromatic heterocycles. The molecule has 2 N–H and O–H groups in total. The molecule has 0 bridgehead atoms. The molecule has 0 amide bonds. The van der Waals surface area contributed by atoms with Crippen LogP contribution in [0.2, 0.25) is 10.0 Å². The van der Waals surface area contributed by atoms with E-state index in [-0.39, 0.29) is 13.0 Å². The lowest BCUT2D eigenvalue weighted by molar-refractivity contribution is 0.223. The molecular formula is C22H22BCl2NO. The summed E-state index contributed by atoms with van der Waals surface area (Å²) >= 11 is 12.8. The Morgan fingerprint density at radius 1 is 0.852 bits per heavy atom. The van der Waals surface area contributed by atoms with Crippen molar-refractivity contribution in [3.63, 3.8) is 0 Å². The Labute approximate surface area is 171 Å². The second kappa shape index (κ2) is 8.94. The van der Waals surface area contributed by atoms with E-state index in [2.05, 4.69) is 0 Å². The summed E-state index contributed by atoms with van der Waals surface area (Å²) in [6.07, 6.45) is -0.239. The van der Waals surface area contributed by atoms with Gasteiger partial charge in [-0.1, -0.05) is 77.8 Å². The van der Waals surface area contributed by atoms with E-state index in [4.69, 9.17) is 33.6 Å². The van der Waals surface area contributed by atoms with Crippen LogP contribution in [-0.4, -0.2) is 13.5 Å². The third-order valence-electron chi connectivity index (χ3n) is 4.68. The first-order chi connectivity index (χ1) is 13.0. The highest BCUT2D eigenvalue weighted by Crippen LogP contribution is 2.20. The average Bonchev–Trinajstić information content (AvgIpc) is 2.68. The van der Waals surface area contributed by atoms with E-state index in [1.807, 2.05) is 80.6 Å². The first-order valence-electron chi connectivity index (χ1n) is 8.92. The second-order valence-corrected chi connectivity index (χ2v) is 7.48. The summed E-state index contributed by atoms with van der Waals surface area (Å²) in [5, 5.41) is 1.42. The van der Waals surface area contributed by atoms with Crippen LogP contribution in [0.15, 0.2) is 66.7 Å². The van der Waals surface area contributed by atoms with Crippen molar-refractivity contribution in [1.29, 1.82) is 0 Å². The van der Waals surface area contributed by atoms with Crippen LogP contribution in [0.3, 0.4) is 0 Å². The van der Waals surface area contributed by atoms with E-state index in [0.717, 1.165) is 27.6 Å². The number of rotatable bonds is 6. The first kappa shape index (κ1) is 20.0. The number of hydrogen-bond donors (Lipinski definition) is 1. The lowest BCUT2D eigenvalue weighted by Crippen LogP contribution is -2.46. The summed E-state index contributed by atoms with van der Waals surface area (Å²) in [7, 11) is 0. The predicted octanol–water partition coefficient (Wildman–Crippen LogP) is 4.43. The fraction of sp³-hybridized carbons (Fsp3) is 0.182. The van der Waals surface area contributed by atoms with Gasteiger partial charge in [-0.3, -0.25) is 0 Å². The van der Waals surface area contributed by atoms with E-state index in [1.165, 1.54) is 0 Å². The van der Waals surface area contributed by atoms with Gasteiger partial charge in [0.2, 0.25) is 0 Å². The van der Waals surface area contributed by atoms with Crippen molar-refractivity contribution in [2.24, 2.45) is 5.73 Å². The normalized spacial score (nSPS) is 12.0. The van der Waals surface area contributed by atoms with Crippen LogP contribution in [0.1, 0.15) is 22.8 Å². The predicted molar refractivity (Wildman–Crippen MR) is 117 cm³/mol. The smallest absolute Gasteiger partial charge is 0.362 e. The molecule has 27 heavy (non-hydrogen) atoms. The zero-order valence-electron chi connectivity index (χ0n) is 15.5. The molecule has 0 aliphatic rings. The Morgan fingerprint density at radius 2 is 1.37 bits per heavy atom. The third kappa shape index (κ3) is 4.74. The Kier molecular flexibility index (Phi) is 6.62. The van der Waals surface area contributed by atoms with Crippen molar-refractivity contribution >= 4 is 41.0 Å². The SMILES string of the molecule is Cc1ccc(B(OC(CN)c2ccccc2)c2ccc(C)c(Cl)c2)cc1Cl. The van der Waals surface area contributed by atoms with Crippen LogP contribution in [0.4, 0.5) is 0 Å². The monoisotopic (exact) mass is 397 g/mol.